The average molecular weight is 362 g/mol. The van der Waals surface area contributed by atoms with Gasteiger partial charge in [0, 0.05) is 18.8 Å². The largest absolute Gasteiger partial charge is 0.333 e. The third-order valence-electron chi connectivity index (χ3n) is 3.81. The zero-order chi connectivity index (χ0) is 19.6. The second kappa shape index (κ2) is 9.78. The van der Waals surface area contributed by atoms with E-state index >= 15 is 0 Å². The minimum absolute atomic E-state index is 0.135. The van der Waals surface area contributed by atoms with Crippen LogP contribution >= 0.6 is 0 Å². The van der Waals surface area contributed by atoms with Crippen LogP contribution in [-0.4, -0.2) is 29.9 Å². The molecule has 2 rings (SSSR count). The molecule has 2 aromatic rings. The van der Waals surface area contributed by atoms with Gasteiger partial charge in [-0.2, -0.15) is 5.26 Å². The Morgan fingerprint density at radius 1 is 1.22 bits per heavy atom. The fraction of sp³-hybridized carbons (Fsp3) is 0.190. The standard InChI is InChI=1S/C21H22N4O2/c1-3-10-25(15-18-8-5-7-17(12-18)13-22)20(26)14-23-21(27)24-19-9-4-6-16(2)11-19/h3-9,11-12H,1,10,14-15H2,2H3,(H2,23,24,27). The first-order valence-corrected chi connectivity index (χ1v) is 8.51. The second-order valence-corrected chi connectivity index (χ2v) is 6.05. The summed E-state index contributed by atoms with van der Waals surface area (Å²) in [5.41, 5.74) is 3.07. The lowest BCUT2D eigenvalue weighted by Gasteiger charge is -2.21. The summed E-state index contributed by atoms with van der Waals surface area (Å²) in [5, 5.41) is 14.3. The molecule has 0 saturated heterocycles. The van der Waals surface area contributed by atoms with Crippen LogP contribution < -0.4 is 10.6 Å². The highest BCUT2D eigenvalue weighted by Crippen LogP contribution is 2.10. The molecule has 0 aliphatic carbocycles. The van der Waals surface area contributed by atoms with Crippen LogP contribution in [0.25, 0.3) is 0 Å². The SMILES string of the molecule is C=CCN(Cc1cccc(C#N)c1)C(=O)CNC(=O)Nc1cccc(C)c1. The Hall–Kier alpha value is -3.59. The van der Waals surface area contributed by atoms with Crippen molar-refractivity contribution in [1.29, 1.82) is 5.26 Å². The number of rotatable bonds is 7. The molecule has 0 radical (unpaired) electrons. The second-order valence-electron chi connectivity index (χ2n) is 6.05. The van der Waals surface area contributed by atoms with Crippen molar-refractivity contribution in [1.82, 2.24) is 10.2 Å². The van der Waals surface area contributed by atoms with E-state index in [2.05, 4.69) is 23.3 Å². The Labute approximate surface area is 159 Å². The van der Waals surface area contributed by atoms with Gasteiger partial charge in [0.15, 0.2) is 0 Å². The van der Waals surface area contributed by atoms with Crippen LogP contribution in [-0.2, 0) is 11.3 Å². The van der Waals surface area contributed by atoms with E-state index in [0.29, 0.717) is 24.3 Å². The fourth-order valence-corrected chi connectivity index (χ4v) is 2.54. The predicted molar refractivity (Wildman–Crippen MR) is 105 cm³/mol. The molecule has 0 heterocycles. The molecule has 0 fully saturated rings. The molecule has 0 atom stereocenters. The van der Waals surface area contributed by atoms with E-state index in [1.54, 1.807) is 35.2 Å². The topological polar surface area (TPSA) is 85.2 Å². The van der Waals surface area contributed by atoms with Crippen LogP contribution in [0.15, 0.2) is 61.2 Å². The van der Waals surface area contributed by atoms with Crippen molar-refractivity contribution >= 4 is 17.6 Å². The number of hydrogen-bond donors (Lipinski definition) is 2. The molecule has 6 nitrogen and oxygen atoms in total. The lowest BCUT2D eigenvalue weighted by molar-refractivity contribution is -0.130. The van der Waals surface area contributed by atoms with Crippen LogP contribution in [0.3, 0.4) is 0 Å². The first-order chi connectivity index (χ1) is 13.0. The van der Waals surface area contributed by atoms with Crippen molar-refractivity contribution in [2.75, 3.05) is 18.4 Å². The number of hydrogen-bond acceptors (Lipinski definition) is 3. The summed E-state index contributed by atoms with van der Waals surface area (Å²) in [5.74, 6) is -0.239. The van der Waals surface area contributed by atoms with Gasteiger partial charge in [0.05, 0.1) is 18.2 Å². The van der Waals surface area contributed by atoms with Crippen LogP contribution in [0.2, 0.25) is 0 Å². The van der Waals surface area contributed by atoms with Gasteiger partial charge in [0.1, 0.15) is 0 Å². The molecule has 0 aliphatic rings. The van der Waals surface area contributed by atoms with Crippen LogP contribution in [0.1, 0.15) is 16.7 Å². The van der Waals surface area contributed by atoms with Crippen molar-refractivity contribution in [3.8, 4) is 6.07 Å². The Bertz CT molecular complexity index is 870. The van der Waals surface area contributed by atoms with Crippen LogP contribution in [0, 0.1) is 18.3 Å². The van der Waals surface area contributed by atoms with Crippen molar-refractivity contribution in [3.63, 3.8) is 0 Å². The van der Waals surface area contributed by atoms with Gasteiger partial charge in [0.25, 0.3) is 0 Å². The summed E-state index contributed by atoms with van der Waals surface area (Å²) >= 11 is 0. The van der Waals surface area contributed by atoms with E-state index in [1.807, 2.05) is 31.2 Å². The maximum atomic E-state index is 12.5. The molecule has 6 heteroatoms. The normalized spacial score (nSPS) is 9.78. The number of anilines is 1. The van der Waals surface area contributed by atoms with Gasteiger partial charge < -0.3 is 15.5 Å². The Morgan fingerprint density at radius 3 is 2.70 bits per heavy atom. The van der Waals surface area contributed by atoms with Crippen molar-refractivity contribution in [3.05, 3.63) is 77.9 Å². The maximum Gasteiger partial charge on any atom is 0.319 e. The monoisotopic (exact) mass is 362 g/mol. The number of aryl methyl sites for hydroxylation is 1. The highest BCUT2D eigenvalue weighted by Gasteiger charge is 2.14. The first-order valence-electron chi connectivity index (χ1n) is 8.51. The number of nitrogens with one attached hydrogen (secondary N) is 2. The Kier molecular flexibility index (Phi) is 7.15. The van der Waals surface area contributed by atoms with E-state index in [1.165, 1.54) is 0 Å². The van der Waals surface area contributed by atoms with Gasteiger partial charge in [-0.3, -0.25) is 4.79 Å². The minimum atomic E-state index is -0.445. The van der Waals surface area contributed by atoms with Gasteiger partial charge >= 0.3 is 6.03 Å². The third kappa shape index (κ3) is 6.33. The highest BCUT2D eigenvalue weighted by atomic mass is 16.2. The van der Waals surface area contributed by atoms with Gasteiger partial charge in [-0.25, -0.2) is 4.79 Å². The lowest BCUT2D eigenvalue weighted by Crippen LogP contribution is -2.41. The Balaban J connectivity index is 1.93. The summed E-state index contributed by atoms with van der Waals surface area (Å²) in [6.07, 6.45) is 1.62. The van der Waals surface area contributed by atoms with E-state index in [-0.39, 0.29) is 12.5 Å². The van der Waals surface area contributed by atoms with Crippen LogP contribution in [0.4, 0.5) is 10.5 Å². The number of carbonyl (C=O) groups is 2. The summed E-state index contributed by atoms with van der Waals surface area (Å²) in [7, 11) is 0. The van der Waals surface area contributed by atoms with E-state index in [0.717, 1.165) is 11.1 Å². The minimum Gasteiger partial charge on any atom is -0.333 e. The third-order valence-corrected chi connectivity index (χ3v) is 3.81. The molecule has 27 heavy (non-hydrogen) atoms. The van der Waals surface area contributed by atoms with Crippen molar-refractivity contribution in [2.45, 2.75) is 13.5 Å². The molecule has 0 aliphatic heterocycles. The fourth-order valence-electron chi connectivity index (χ4n) is 2.54. The quantitative estimate of drug-likeness (QED) is 0.742. The molecule has 0 aromatic heterocycles. The van der Waals surface area contributed by atoms with E-state index in [9.17, 15) is 9.59 Å². The summed E-state index contributed by atoms with van der Waals surface area (Å²) in [6.45, 7) is 6.15. The molecule has 138 valence electrons. The molecule has 2 aromatic carbocycles. The zero-order valence-electron chi connectivity index (χ0n) is 15.2. The maximum absolute atomic E-state index is 12.5. The number of nitrogens with zero attached hydrogens (tertiary/aromatic N) is 2. The zero-order valence-corrected chi connectivity index (χ0v) is 15.2. The summed E-state index contributed by atoms with van der Waals surface area (Å²) in [6, 6.07) is 16.1. The van der Waals surface area contributed by atoms with Crippen molar-refractivity contribution in [2.24, 2.45) is 0 Å². The molecule has 2 N–H and O–H groups in total. The smallest absolute Gasteiger partial charge is 0.319 e. The van der Waals surface area contributed by atoms with Crippen molar-refractivity contribution < 1.29 is 9.59 Å². The Morgan fingerprint density at radius 2 is 2.00 bits per heavy atom. The lowest BCUT2D eigenvalue weighted by atomic mass is 10.1. The highest BCUT2D eigenvalue weighted by molar-refractivity contribution is 5.92. The first kappa shape index (κ1) is 19.7. The van der Waals surface area contributed by atoms with Crippen LogP contribution in [0.5, 0.6) is 0 Å². The number of amides is 3. The van der Waals surface area contributed by atoms with Gasteiger partial charge in [-0.15, -0.1) is 6.58 Å². The number of benzene rings is 2. The molecular weight excluding hydrogens is 340 g/mol. The van der Waals surface area contributed by atoms with Gasteiger partial charge in [-0.05, 0) is 42.3 Å². The van der Waals surface area contributed by atoms with Gasteiger partial charge in [0.2, 0.25) is 5.91 Å². The summed E-state index contributed by atoms with van der Waals surface area (Å²) in [4.78, 5) is 26.0. The van der Waals surface area contributed by atoms with E-state index in [4.69, 9.17) is 5.26 Å². The number of urea groups is 1. The molecule has 0 unspecified atom stereocenters. The average Bonchev–Trinajstić information content (AvgIpc) is 2.66. The van der Waals surface area contributed by atoms with E-state index < -0.39 is 6.03 Å². The molecule has 0 bridgehead atoms. The summed E-state index contributed by atoms with van der Waals surface area (Å²) < 4.78 is 0. The number of carbonyl (C=O) groups excluding carboxylic acids is 2. The van der Waals surface area contributed by atoms with Gasteiger partial charge in [-0.1, -0.05) is 30.3 Å². The molecular formula is C21H22N4O2. The molecule has 0 saturated carbocycles. The predicted octanol–water partition coefficient (Wildman–Crippen LogP) is 3.20. The molecule has 0 spiro atoms. The molecule has 3 amide bonds. The number of nitriles is 1.